The third kappa shape index (κ3) is 13.4. The maximum absolute atomic E-state index is 14.8. The summed E-state index contributed by atoms with van der Waals surface area (Å²) in [5.41, 5.74) is 0.272. The molecule has 0 atom stereocenters. The van der Waals surface area contributed by atoms with Crippen molar-refractivity contribution in [2.75, 3.05) is 26.4 Å². The lowest BCUT2D eigenvalue weighted by atomic mass is 10.2. The van der Waals surface area contributed by atoms with Crippen molar-refractivity contribution in [2.24, 2.45) is 0 Å². The number of ether oxygens (including phenoxy) is 6. The fraction of sp³-hybridized carbons (Fsp3) is 0.350. The Morgan fingerprint density at radius 2 is 0.778 bits per heavy atom. The second-order valence-corrected chi connectivity index (χ2v) is 12.1. The zero-order valence-corrected chi connectivity index (χ0v) is 30.1. The van der Waals surface area contributed by atoms with Gasteiger partial charge >= 0.3 is 23.9 Å². The molecule has 0 aliphatic rings. The van der Waals surface area contributed by atoms with Crippen molar-refractivity contribution in [1.82, 2.24) is 0 Å². The summed E-state index contributed by atoms with van der Waals surface area (Å²) in [7, 11) is 0. The number of carbonyl (C=O) groups is 4. The number of rotatable bonds is 22. The number of benzene rings is 3. The first kappa shape index (κ1) is 42.8. The first-order valence-corrected chi connectivity index (χ1v) is 17.2. The number of hydrogen-bond donors (Lipinski definition) is 0. The van der Waals surface area contributed by atoms with Crippen LogP contribution in [0.15, 0.2) is 72.8 Å². The van der Waals surface area contributed by atoms with Gasteiger partial charge in [0, 0.05) is 11.1 Å². The molecule has 3 rings (SSSR count). The lowest BCUT2D eigenvalue weighted by molar-refractivity contribution is -0.139. The van der Waals surface area contributed by atoms with Gasteiger partial charge in [0.15, 0.2) is 0 Å². The van der Waals surface area contributed by atoms with Crippen molar-refractivity contribution >= 4 is 23.9 Å². The van der Waals surface area contributed by atoms with Crippen LogP contribution in [0.1, 0.15) is 85.9 Å². The van der Waals surface area contributed by atoms with Gasteiger partial charge in [-0.15, -0.1) is 0 Å². The molecule has 290 valence electrons. The highest BCUT2D eigenvalue weighted by molar-refractivity contribution is 5.92. The van der Waals surface area contributed by atoms with Gasteiger partial charge in [0.1, 0.15) is 11.5 Å². The second-order valence-electron chi connectivity index (χ2n) is 12.1. The molecule has 54 heavy (non-hydrogen) atoms. The van der Waals surface area contributed by atoms with Crippen molar-refractivity contribution < 1.29 is 65.2 Å². The lowest BCUT2D eigenvalue weighted by Gasteiger charge is -2.13. The number of carbonyl (C=O) groups excluding carboxylic acids is 4. The van der Waals surface area contributed by atoms with Crippen molar-refractivity contribution in [1.29, 1.82) is 0 Å². The highest BCUT2D eigenvalue weighted by atomic mass is 19.2. The molecule has 3 aromatic carbocycles. The summed E-state index contributed by atoms with van der Waals surface area (Å²) in [6, 6.07) is 10.5. The van der Waals surface area contributed by atoms with Gasteiger partial charge in [0.2, 0.25) is 34.8 Å². The quantitative estimate of drug-likeness (QED) is 0.0245. The van der Waals surface area contributed by atoms with Crippen LogP contribution in [-0.2, 0) is 19.1 Å². The zero-order chi connectivity index (χ0) is 39.6. The Kier molecular flexibility index (Phi) is 17.2. The monoisotopic (exact) mass is 758 g/mol. The van der Waals surface area contributed by atoms with E-state index in [9.17, 15) is 36.7 Å². The van der Waals surface area contributed by atoms with Crippen LogP contribution in [0, 0.1) is 23.3 Å². The average Bonchev–Trinajstić information content (AvgIpc) is 3.16. The summed E-state index contributed by atoms with van der Waals surface area (Å²) in [5.74, 6) is -14.4. The minimum atomic E-state index is -2.09. The first-order valence-electron chi connectivity index (χ1n) is 17.2. The molecule has 0 bridgehead atoms. The predicted octanol–water partition coefficient (Wildman–Crippen LogP) is 8.80. The number of hydrogen-bond acceptors (Lipinski definition) is 10. The highest BCUT2D eigenvalue weighted by Crippen LogP contribution is 2.35. The molecule has 0 heterocycles. The van der Waals surface area contributed by atoms with E-state index in [1.165, 1.54) is 48.5 Å². The van der Waals surface area contributed by atoms with Gasteiger partial charge in [-0.25, -0.2) is 19.2 Å². The van der Waals surface area contributed by atoms with Gasteiger partial charge in [-0.1, -0.05) is 13.2 Å². The van der Waals surface area contributed by atoms with Crippen LogP contribution < -0.4 is 18.9 Å². The van der Waals surface area contributed by atoms with Gasteiger partial charge in [-0.3, -0.25) is 0 Å². The third-order valence-electron chi connectivity index (χ3n) is 7.53. The highest BCUT2D eigenvalue weighted by Gasteiger charge is 2.31. The van der Waals surface area contributed by atoms with E-state index < -0.39 is 58.6 Å². The van der Waals surface area contributed by atoms with Crippen LogP contribution in [-0.4, -0.2) is 50.3 Å². The topological polar surface area (TPSA) is 124 Å². The predicted molar refractivity (Wildman–Crippen MR) is 189 cm³/mol. The number of esters is 4. The van der Waals surface area contributed by atoms with Gasteiger partial charge in [-0.05, 0) is 114 Å². The summed E-state index contributed by atoms with van der Waals surface area (Å²) < 4.78 is 89.9. The van der Waals surface area contributed by atoms with Crippen LogP contribution in [0.3, 0.4) is 0 Å². The van der Waals surface area contributed by atoms with E-state index in [4.69, 9.17) is 18.9 Å². The Balaban J connectivity index is 1.46. The smallest absolute Gasteiger partial charge is 0.343 e. The molecule has 0 aliphatic heterocycles. The lowest BCUT2D eigenvalue weighted by Crippen LogP contribution is -2.16. The van der Waals surface area contributed by atoms with E-state index in [1.54, 1.807) is 13.8 Å². The molecule has 10 nitrogen and oxygen atoms in total. The average molecular weight is 759 g/mol. The van der Waals surface area contributed by atoms with E-state index >= 15 is 0 Å². The minimum absolute atomic E-state index is 0.201. The van der Waals surface area contributed by atoms with Crippen LogP contribution >= 0.6 is 0 Å². The maximum atomic E-state index is 14.8. The summed E-state index contributed by atoms with van der Waals surface area (Å²) in [5, 5.41) is 0. The van der Waals surface area contributed by atoms with Gasteiger partial charge in [0.25, 0.3) is 0 Å². The Morgan fingerprint density at radius 3 is 1.07 bits per heavy atom. The first-order chi connectivity index (χ1) is 25.8. The number of halogens is 4. The fourth-order valence-electron chi connectivity index (χ4n) is 4.52. The molecule has 0 aliphatic carbocycles. The van der Waals surface area contributed by atoms with Crippen LogP contribution in [0.4, 0.5) is 17.6 Å². The summed E-state index contributed by atoms with van der Waals surface area (Å²) in [6.07, 6.45) is 6.00. The maximum Gasteiger partial charge on any atom is 0.343 e. The van der Waals surface area contributed by atoms with E-state index in [1.807, 2.05) is 0 Å². The summed E-state index contributed by atoms with van der Waals surface area (Å²) in [4.78, 5) is 47.8. The van der Waals surface area contributed by atoms with Crippen LogP contribution in [0.2, 0.25) is 0 Å². The standard InChI is InChI=1S/C40H42F4O10/c1-25(2)37(45)51-23-11-7-5-9-21-49-29-17-13-27(14-18-29)39(47)53-35-31(41)33(43)36(34(44)32(35)42)54-40(48)28-15-19-30(20-16-28)50-22-10-6-8-12-24-52-38(46)26(3)4/h13-20H,1,3,5-12,21-24H2,2,4H3. The van der Waals surface area contributed by atoms with Gasteiger partial charge < -0.3 is 28.4 Å². The van der Waals surface area contributed by atoms with Gasteiger partial charge in [0.05, 0.1) is 37.6 Å². The normalized spacial score (nSPS) is 10.6. The molecule has 0 saturated carbocycles. The van der Waals surface area contributed by atoms with E-state index in [0.29, 0.717) is 74.8 Å². The molecule has 0 radical (unpaired) electrons. The van der Waals surface area contributed by atoms with E-state index in [2.05, 4.69) is 22.6 Å². The van der Waals surface area contributed by atoms with Gasteiger partial charge in [-0.2, -0.15) is 17.6 Å². The Bertz CT molecular complexity index is 1630. The van der Waals surface area contributed by atoms with E-state index in [-0.39, 0.29) is 11.1 Å². The zero-order valence-electron chi connectivity index (χ0n) is 30.1. The molecule has 0 fully saturated rings. The molecule has 0 unspecified atom stereocenters. The molecule has 0 saturated heterocycles. The summed E-state index contributed by atoms with van der Waals surface area (Å²) in [6.45, 7) is 11.5. The van der Waals surface area contributed by atoms with Crippen molar-refractivity contribution in [3.8, 4) is 23.0 Å². The molecule has 3 aromatic rings. The van der Waals surface area contributed by atoms with Crippen LogP contribution in [0.25, 0.3) is 0 Å². The van der Waals surface area contributed by atoms with Crippen molar-refractivity contribution in [2.45, 2.75) is 65.2 Å². The molecular formula is C40H42F4O10. The summed E-state index contributed by atoms with van der Waals surface area (Å²) >= 11 is 0. The molecule has 14 heteroatoms. The molecular weight excluding hydrogens is 716 g/mol. The van der Waals surface area contributed by atoms with E-state index in [0.717, 1.165) is 25.7 Å². The largest absolute Gasteiger partial charge is 0.494 e. The van der Waals surface area contributed by atoms with Crippen molar-refractivity contribution in [3.05, 3.63) is 107 Å². The molecule has 0 N–H and O–H groups in total. The van der Waals surface area contributed by atoms with Crippen LogP contribution in [0.5, 0.6) is 23.0 Å². The minimum Gasteiger partial charge on any atom is -0.494 e. The Hall–Kier alpha value is -5.66. The fourth-order valence-corrected chi connectivity index (χ4v) is 4.52. The molecule has 0 amide bonds. The van der Waals surface area contributed by atoms with Crippen molar-refractivity contribution in [3.63, 3.8) is 0 Å². The Labute approximate surface area is 310 Å². The molecule has 0 spiro atoms. The third-order valence-corrected chi connectivity index (χ3v) is 7.53. The number of unbranched alkanes of at least 4 members (excludes halogenated alkanes) is 6. The molecule has 0 aromatic heterocycles. The Morgan fingerprint density at radius 1 is 0.481 bits per heavy atom. The SMILES string of the molecule is C=C(C)C(=O)OCCCCCCOc1ccc(C(=O)Oc2c(F)c(F)c(OC(=O)c3ccc(OCCCCCCOC(=O)C(=C)C)cc3)c(F)c2F)cc1. The second kappa shape index (κ2) is 21.8.